The number of rotatable bonds is 3. The van der Waals surface area contributed by atoms with E-state index >= 15 is 0 Å². The Morgan fingerprint density at radius 2 is 1.91 bits per heavy atom. The predicted molar refractivity (Wildman–Crippen MR) is 83.2 cm³/mol. The number of hydrogen-bond acceptors (Lipinski definition) is 3. The Morgan fingerprint density at radius 1 is 1.18 bits per heavy atom. The van der Waals surface area contributed by atoms with E-state index in [-0.39, 0.29) is 5.91 Å². The van der Waals surface area contributed by atoms with Crippen LogP contribution in [0.3, 0.4) is 0 Å². The lowest BCUT2D eigenvalue weighted by atomic mass is 10.0. The zero-order valence-corrected chi connectivity index (χ0v) is 12.1. The highest BCUT2D eigenvalue weighted by Crippen LogP contribution is 2.25. The molecule has 6 heteroatoms. The summed E-state index contributed by atoms with van der Waals surface area (Å²) >= 11 is 0. The number of nitrogens with zero attached hydrogens (tertiary/aromatic N) is 4. The lowest BCUT2D eigenvalue weighted by molar-refractivity contribution is -0.136. The zero-order valence-electron chi connectivity index (χ0n) is 12.1. The highest BCUT2D eigenvalue weighted by atomic mass is 16.5. The first-order valence-electron chi connectivity index (χ1n) is 7.19. The Morgan fingerprint density at radius 3 is 2.64 bits per heavy atom. The van der Waals surface area contributed by atoms with Crippen molar-refractivity contribution in [1.82, 2.24) is 4.90 Å². The van der Waals surface area contributed by atoms with Crippen LogP contribution in [0, 0.1) is 0 Å². The molecule has 22 heavy (non-hydrogen) atoms. The van der Waals surface area contributed by atoms with Gasteiger partial charge in [0.05, 0.1) is 13.2 Å². The number of morpholine rings is 1. The lowest BCUT2D eigenvalue weighted by Crippen LogP contribution is -2.42. The normalized spacial score (nSPS) is 16.1. The quantitative estimate of drug-likeness (QED) is 0.495. The second kappa shape index (κ2) is 6.47. The molecule has 0 radical (unpaired) electrons. The average molecular weight is 296 g/mol. The fraction of sp³-hybridized carbons (Fsp3) is 0.312. The van der Waals surface area contributed by atoms with Crippen LogP contribution in [0.25, 0.3) is 21.2 Å². The Kier molecular flexibility index (Phi) is 4.23. The van der Waals surface area contributed by atoms with Crippen molar-refractivity contribution in [1.29, 1.82) is 0 Å². The molecule has 0 aromatic heterocycles. The van der Waals surface area contributed by atoms with Crippen molar-refractivity contribution in [2.24, 2.45) is 5.11 Å². The molecule has 0 spiro atoms. The van der Waals surface area contributed by atoms with Crippen molar-refractivity contribution in [3.8, 4) is 0 Å². The van der Waals surface area contributed by atoms with Crippen molar-refractivity contribution in [2.75, 3.05) is 26.3 Å². The molecule has 6 nitrogen and oxygen atoms in total. The van der Waals surface area contributed by atoms with Crippen LogP contribution >= 0.6 is 0 Å². The maximum absolute atomic E-state index is 12.6. The molecule has 2 aromatic rings. The van der Waals surface area contributed by atoms with Crippen LogP contribution in [0.15, 0.2) is 47.6 Å². The van der Waals surface area contributed by atoms with E-state index in [4.69, 9.17) is 10.3 Å². The van der Waals surface area contributed by atoms with Gasteiger partial charge in [0.2, 0.25) is 5.91 Å². The first kappa shape index (κ1) is 14.4. The van der Waals surface area contributed by atoms with E-state index < -0.39 is 6.04 Å². The number of carbonyl (C=O) groups is 1. The number of ether oxygens (including phenoxy) is 1. The molecule has 2 aromatic carbocycles. The fourth-order valence-corrected chi connectivity index (χ4v) is 2.64. The summed E-state index contributed by atoms with van der Waals surface area (Å²) in [6.45, 7) is 2.10. The van der Waals surface area contributed by atoms with E-state index in [9.17, 15) is 4.79 Å². The molecule has 1 aliphatic rings. The van der Waals surface area contributed by atoms with Crippen LogP contribution in [0.2, 0.25) is 0 Å². The highest BCUT2D eigenvalue weighted by Gasteiger charge is 2.26. The molecule has 1 saturated heterocycles. The van der Waals surface area contributed by atoms with Gasteiger partial charge in [0.25, 0.3) is 0 Å². The van der Waals surface area contributed by atoms with Crippen molar-refractivity contribution in [3.63, 3.8) is 0 Å². The van der Waals surface area contributed by atoms with E-state index in [2.05, 4.69) is 10.0 Å². The van der Waals surface area contributed by atoms with Crippen LogP contribution < -0.4 is 0 Å². The molecular formula is C16H16N4O2. The minimum Gasteiger partial charge on any atom is -0.378 e. The van der Waals surface area contributed by atoms with Gasteiger partial charge in [-0.2, -0.15) is 0 Å². The number of benzene rings is 2. The van der Waals surface area contributed by atoms with Gasteiger partial charge in [-0.1, -0.05) is 47.6 Å². The summed E-state index contributed by atoms with van der Waals surface area (Å²) in [5.74, 6) is -0.170. The number of hydrogen-bond donors (Lipinski definition) is 0. The lowest BCUT2D eigenvalue weighted by Gasteiger charge is -2.29. The van der Waals surface area contributed by atoms with Crippen LogP contribution in [-0.4, -0.2) is 37.1 Å². The SMILES string of the molecule is [N-]=[N+]=NC(C(=O)N1CCOCC1)c1ccc2ccccc2c1. The summed E-state index contributed by atoms with van der Waals surface area (Å²) in [7, 11) is 0. The highest BCUT2D eigenvalue weighted by molar-refractivity contribution is 5.87. The topological polar surface area (TPSA) is 78.3 Å². The van der Waals surface area contributed by atoms with Crippen molar-refractivity contribution >= 4 is 16.7 Å². The molecule has 1 fully saturated rings. The fourth-order valence-electron chi connectivity index (χ4n) is 2.64. The summed E-state index contributed by atoms with van der Waals surface area (Å²) in [6.07, 6.45) is 0. The van der Waals surface area contributed by atoms with E-state index in [1.807, 2.05) is 42.5 Å². The second-order valence-electron chi connectivity index (χ2n) is 5.15. The standard InChI is InChI=1S/C16H16N4O2/c17-19-18-15(16(21)20-7-9-22-10-8-20)14-6-5-12-3-1-2-4-13(12)11-14/h1-6,11,15H,7-10H2. The number of carbonyl (C=O) groups excluding carboxylic acids is 1. The summed E-state index contributed by atoms with van der Waals surface area (Å²) in [5, 5.41) is 5.83. The third kappa shape index (κ3) is 2.88. The Labute approximate surface area is 127 Å². The largest absolute Gasteiger partial charge is 0.378 e. The maximum atomic E-state index is 12.6. The van der Waals surface area contributed by atoms with Gasteiger partial charge in [0.1, 0.15) is 6.04 Å². The number of amides is 1. The van der Waals surface area contributed by atoms with Crippen LogP contribution in [0.4, 0.5) is 0 Å². The Balaban J connectivity index is 1.94. The van der Waals surface area contributed by atoms with Crippen LogP contribution in [0.5, 0.6) is 0 Å². The van der Waals surface area contributed by atoms with Gasteiger partial charge in [0, 0.05) is 18.0 Å². The van der Waals surface area contributed by atoms with Gasteiger partial charge >= 0.3 is 0 Å². The van der Waals surface area contributed by atoms with Gasteiger partial charge in [-0.3, -0.25) is 4.79 Å². The van der Waals surface area contributed by atoms with E-state index in [0.717, 1.165) is 10.8 Å². The molecule has 1 heterocycles. The molecule has 0 aliphatic carbocycles. The molecule has 1 aliphatic heterocycles. The van der Waals surface area contributed by atoms with Gasteiger partial charge in [-0.15, -0.1) is 0 Å². The van der Waals surface area contributed by atoms with Crippen LogP contribution in [-0.2, 0) is 9.53 Å². The average Bonchev–Trinajstić information content (AvgIpc) is 2.59. The summed E-state index contributed by atoms with van der Waals surface area (Å²) in [4.78, 5) is 17.2. The molecule has 0 bridgehead atoms. The first-order chi connectivity index (χ1) is 10.8. The van der Waals surface area contributed by atoms with E-state index in [0.29, 0.717) is 31.9 Å². The monoisotopic (exact) mass is 296 g/mol. The third-order valence-corrected chi connectivity index (χ3v) is 3.81. The van der Waals surface area contributed by atoms with Crippen LogP contribution in [0.1, 0.15) is 11.6 Å². The maximum Gasteiger partial charge on any atom is 0.236 e. The molecule has 1 unspecified atom stereocenters. The van der Waals surface area contributed by atoms with Crippen molar-refractivity contribution in [2.45, 2.75) is 6.04 Å². The Bertz CT molecular complexity index is 734. The predicted octanol–water partition coefficient (Wildman–Crippen LogP) is 3.05. The smallest absolute Gasteiger partial charge is 0.236 e. The second-order valence-corrected chi connectivity index (χ2v) is 5.15. The number of azide groups is 1. The van der Waals surface area contributed by atoms with Crippen molar-refractivity contribution in [3.05, 3.63) is 58.5 Å². The Hall–Kier alpha value is -2.56. The molecule has 112 valence electrons. The summed E-state index contributed by atoms with van der Waals surface area (Å²) in [5.41, 5.74) is 9.54. The first-order valence-corrected chi connectivity index (χ1v) is 7.19. The minimum absolute atomic E-state index is 0.170. The molecule has 3 rings (SSSR count). The molecule has 0 saturated carbocycles. The zero-order chi connectivity index (χ0) is 15.4. The summed E-state index contributed by atoms with van der Waals surface area (Å²) in [6, 6.07) is 12.8. The van der Waals surface area contributed by atoms with Gasteiger partial charge in [-0.25, -0.2) is 0 Å². The van der Waals surface area contributed by atoms with Gasteiger partial charge in [0.15, 0.2) is 0 Å². The minimum atomic E-state index is -0.826. The molecular weight excluding hydrogens is 280 g/mol. The summed E-state index contributed by atoms with van der Waals surface area (Å²) < 4.78 is 5.26. The number of fused-ring (bicyclic) bond motifs is 1. The van der Waals surface area contributed by atoms with Crippen molar-refractivity contribution < 1.29 is 9.53 Å². The molecule has 0 N–H and O–H groups in total. The molecule has 1 amide bonds. The van der Waals surface area contributed by atoms with Gasteiger partial charge in [-0.05, 0) is 21.9 Å². The van der Waals surface area contributed by atoms with Gasteiger partial charge < -0.3 is 9.64 Å². The molecule has 1 atom stereocenters. The third-order valence-electron chi connectivity index (χ3n) is 3.81. The van der Waals surface area contributed by atoms with E-state index in [1.165, 1.54) is 0 Å². The van der Waals surface area contributed by atoms with E-state index in [1.54, 1.807) is 4.90 Å².